The predicted molar refractivity (Wildman–Crippen MR) is 70.1 cm³/mol. The number of nitrogens with zero attached hydrogens (tertiary/aromatic N) is 1. The van der Waals surface area contributed by atoms with E-state index in [2.05, 4.69) is 6.92 Å². The van der Waals surface area contributed by atoms with Crippen LogP contribution in [0.3, 0.4) is 0 Å². The molecule has 0 radical (unpaired) electrons. The number of nitriles is 1. The molecule has 0 unspecified atom stereocenters. The van der Waals surface area contributed by atoms with Crippen LogP contribution in [0.15, 0.2) is 0 Å². The average Bonchev–Trinajstić information content (AvgIpc) is 2.37. The summed E-state index contributed by atoms with van der Waals surface area (Å²) < 4.78 is 9.79. The van der Waals surface area contributed by atoms with E-state index in [9.17, 15) is 4.79 Å². The summed E-state index contributed by atoms with van der Waals surface area (Å²) in [6.07, 6.45) is 8.43. The van der Waals surface area contributed by atoms with Crippen LogP contribution in [0, 0.1) is 11.3 Å². The molecule has 104 valence electrons. The lowest BCUT2D eigenvalue weighted by Crippen LogP contribution is -2.09. The van der Waals surface area contributed by atoms with Gasteiger partial charge in [0.2, 0.25) is 0 Å². The molecule has 0 N–H and O–H groups in total. The van der Waals surface area contributed by atoms with Gasteiger partial charge >= 0.3 is 6.16 Å². The first kappa shape index (κ1) is 16.8. The molecule has 18 heavy (non-hydrogen) atoms. The molecule has 0 saturated heterocycles. The number of ether oxygens (including phenoxy) is 2. The summed E-state index contributed by atoms with van der Waals surface area (Å²) in [5.41, 5.74) is 0. The quantitative estimate of drug-likeness (QED) is 0.410. The Hall–Kier alpha value is -1.24. The topological polar surface area (TPSA) is 59.3 Å². The van der Waals surface area contributed by atoms with Crippen molar-refractivity contribution in [2.75, 3.05) is 13.2 Å². The van der Waals surface area contributed by atoms with Crippen LogP contribution >= 0.6 is 0 Å². The highest BCUT2D eigenvalue weighted by atomic mass is 16.7. The Balaban J connectivity index is 3.15. The molecule has 0 aliphatic heterocycles. The molecule has 4 heteroatoms. The number of hydrogen-bond donors (Lipinski definition) is 0. The Morgan fingerprint density at radius 3 is 2.11 bits per heavy atom. The summed E-state index contributed by atoms with van der Waals surface area (Å²) in [4.78, 5) is 11.1. The minimum atomic E-state index is -0.583. The smallest absolute Gasteiger partial charge is 0.434 e. The number of unbranched alkanes of at least 4 members (excludes halogenated alkanes) is 7. The molecule has 0 rings (SSSR count). The van der Waals surface area contributed by atoms with E-state index < -0.39 is 6.16 Å². The van der Waals surface area contributed by atoms with E-state index >= 15 is 0 Å². The fourth-order valence-corrected chi connectivity index (χ4v) is 1.54. The second-order valence-electron chi connectivity index (χ2n) is 4.33. The van der Waals surface area contributed by atoms with Crippen molar-refractivity contribution >= 4 is 6.16 Å². The molecule has 0 atom stereocenters. The van der Waals surface area contributed by atoms with Gasteiger partial charge in [-0.3, -0.25) is 0 Å². The second-order valence-corrected chi connectivity index (χ2v) is 4.33. The molecule has 0 bridgehead atoms. The third-order valence-corrected chi connectivity index (χ3v) is 2.62. The fraction of sp³-hybridized carbons (Fsp3) is 0.857. The molecule has 0 aromatic rings. The summed E-state index contributed by atoms with van der Waals surface area (Å²) in [6.45, 7) is 2.98. The highest BCUT2D eigenvalue weighted by Crippen LogP contribution is 2.05. The third kappa shape index (κ3) is 12.8. The molecule has 0 aliphatic carbocycles. The summed E-state index contributed by atoms with van der Waals surface area (Å²) >= 11 is 0. The summed E-state index contributed by atoms with van der Waals surface area (Å²) in [6, 6.07) is 2.05. The van der Waals surface area contributed by atoms with Gasteiger partial charge in [0, 0.05) is 6.42 Å². The fourth-order valence-electron chi connectivity index (χ4n) is 1.54. The minimum Gasteiger partial charge on any atom is -0.434 e. The first-order valence-corrected chi connectivity index (χ1v) is 6.97. The average molecular weight is 255 g/mol. The molecule has 0 aromatic heterocycles. The Morgan fingerprint density at radius 2 is 1.50 bits per heavy atom. The first-order valence-electron chi connectivity index (χ1n) is 6.97. The normalized spacial score (nSPS) is 9.78. The number of carbonyl (C=O) groups is 1. The van der Waals surface area contributed by atoms with Crippen molar-refractivity contribution in [3.63, 3.8) is 0 Å². The lowest BCUT2D eigenvalue weighted by molar-refractivity contribution is 0.0531. The van der Waals surface area contributed by atoms with Gasteiger partial charge in [0.05, 0.1) is 19.3 Å². The highest BCUT2D eigenvalue weighted by molar-refractivity contribution is 5.59. The molecule has 4 nitrogen and oxygen atoms in total. The lowest BCUT2D eigenvalue weighted by atomic mass is 10.1. The van der Waals surface area contributed by atoms with Gasteiger partial charge in [-0.1, -0.05) is 39.0 Å². The van der Waals surface area contributed by atoms with E-state index in [-0.39, 0.29) is 0 Å². The van der Waals surface area contributed by atoms with E-state index in [4.69, 9.17) is 14.7 Å². The Morgan fingerprint density at radius 1 is 0.944 bits per heavy atom. The molecule has 0 saturated carbocycles. The standard InChI is InChI=1S/C14H25NO3/c1-2-3-4-5-6-9-12-17-14(16)18-13-10-7-8-11-15/h2-10,12-13H2,1H3. The maximum Gasteiger partial charge on any atom is 0.508 e. The van der Waals surface area contributed by atoms with Gasteiger partial charge in [0.1, 0.15) is 0 Å². The molecule has 0 heterocycles. The van der Waals surface area contributed by atoms with Gasteiger partial charge < -0.3 is 9.47 Å². The molecule has 0 spiro atoms. The largest absolute Gasteiger partial charge is 0.508 e. The van der Waals surface area contributed by atoms with Gasteiger partial charge in [0.25, 0.3) is 0 Å². The van der Waals surface area contributed by atoms with Crippen LogP contribution in [0.1, 0.15) is 64.7 Å². The SMILES string of the molecule is CCCCCCCCOC(=O)OCCCCC#N. The third-order valence-electron chi connectivity index (χ3n) is 2.62. The monoisotopic (exact) mass is 255 g/mol. The molecular weight excluding hydrogens is 230 g/mol. The van der Waals surface area contributed by atoms with Crippen molar-refractivity contribution in [3.05, 3.63) is 0 Å². The van der Waals surface area contributed by atoms with Crippen LogP contribution in [-0.2, 0) is 9.47 Å². The van der Waals surface area contributed by atoms with Crippen molar-refractivity contribution in [2.24, 2.45) is 0 Å². The lowest BCUT2D eigenvalue weighted by Gasteiger charge is -2.05. The van der Waals surface area contributed by atoms with Crippen molar-refractivity contribution in [3.8, 4) is 6.07 Å². The van der Waals surface area contributed by atoms with E-state index in [1.807, 2.05) is 6.07 Å². The van der Waals surface area contributed by atoms with Gasteiger partial charge in [-0.15, -0.1) is 0 Å². The van der Waals surface area contributed by atoms with Crippen LogP contribution in [0.5, 0.6) is 0 Å². The second kappa shape index (κ2) is 13.8. The van der Waals surface area contributed by atoms with E-state index in [1.165, 1.54) is 25.7 Å². The number of hydrogen-bond acceptors (Lipinski definition) is 4. The van der Waals surface area contributed by atoms with Crippen molar-refractivity contribution in [2.45, 2.75) is 64.7 Å². The van der Waals surface area contributed by atoms with E-state index in [0.717, 1.165) is 25.7 Å². The maximum atomic E-state index is 11.1. The van der Waals surface area contributed by atoms with Gasteiger partial charge in [-0.05, 0) is 19.3 Å². The van der Waals surface area contributed by atoms with Crippen molar-refractivity contribution < 1.29 is 14.3 Å². The predicted octanol–water partition coefficient (Wildman–Crippen LogP) is 4.19. The summed E-state index contributed by atoms with van der Waals surface area (Å²) in [5.74, 6) is 0. The molecule has 0 fully saturated rings. The summed E-state index contributed by atoms with van der Waals surface area (Å²) in [5, 5.41) is 8.31. The Labute approximate surface area is 110 Å². The van der Waals surface area contributed by atoms with Crippen molar-refractivity contribution in [1.82, 2.24) is 0 Å². The van der Waals surface area contributed by atoms with Crippen LogP contribution in [-0.4, -0.2) is 19.4 Å². The Kier molecular flexibility index (Phi) is 12.9. The van der Waals surface area contributed by atoms with Gasteiger partial charge in [0.15, 0.2) is 0 Å². The van der Waals surface area contributed by atoms with E-state index in [1.54, 1.807) is 0 Å². The van der Waals surface area contributed by atoms with Gasteiger partial charge in [-0.2, -0.15) is 5.26 Å². The zero-order valence-corrected chi connectivity index (χ0v) is 11.5. The molecule has 0 aliphatic rings. The zero-order chi connectivity index (χ0) is 13.5. The van der Waals surface area contributed by atoms with Crippen LogP contribution < -0.4 is 0 Å². The van der Waals surface area contributed by atoms with Crippen LogP contribution in [0.4, 0.5) is 4.79 Å². The summed E-state index contributed by atoms with van der Waals surface area (Å²) in [7, 11) is 0. The van der Waals surface area contributed by atoms with Crippen LogP contribution in [0.2, 0.25) is 0 Å². The van der Waals surface area contributed by atoms with Crippen molar-refractivity contribution in [1.29, 1.82) is 5.26 Å². The zero-order valence-electron chi connectivity index (χ0n) is 11.5. The number of rotatable bonds is 11. The maximum absolute atomic E-state index is 11.1. The molecule has 0 aromatic carbocycles. The molecular formula is C14H25NO3. The first-order chi connectivity index (χ1) is 8.81. The number of carbonyl (C=O) groups excluding carboxylic acids is 1. The Bertz CT molecular complexity index is 236. The van der Waals surface area contributed by atoms with E-state index in [0.29, 0.717) is 19.6 Å². The highest BCUT2D eigenvalue weighted by Gasteiger charge is 2.02. The van der Waals surface area contributed by atoms with Gasteiger partial charge in [-0.25, -0.2) is 4.79 Å². The van der Waals surface area contributed by atoms with Crippen LogP contribution in [0.25, 0.3) is 0 Å². The minimum absolute atomic E-state index is 0.344. The molecule has 0 amide bonds.